The summed E-state index contributed by atoms with van der Waals surface area (Å²) < 4.78 is 0. The van der Waals surface area contributed by atoms with Crippen LogP contribution in [0.4, 0.5) is 17.1 Å². The number of anilines is 3. The van der Waals surface area contributed by atoms with E-state index in [1.54, 1.807) is 0 Å². The van der Waals surface area contributed by atoms with Crippen LogP contribution in [-0.2, 0) is 0 Å². The number of hydrogen-bond donors (Lipinski definition) is 0. The van der Waals surface area contributed by atoms with Crippen LogP contribution < -0.4 is 4.90 Å². The van der Waals surface area contributed by atoms with E-state index in [4.69, 9.17) is 0 Å². The summed E-state index contributed by atoms with van der Waals surface area (Å²) in [5, 5.41) is 4.98. The lowest BCUT2D eigenvalue weighted by Crippen LogP contribution is -2.11. The predicted molar refractivity (Wildman–Crippen MR) is 269 cm³/mol. The van der Waals surface area contributed by atoms with E-state index in [-0.39, 0.29) is 0 Å². The molecule has 0 aliphatic rings. The molecule has 0 spiro atoms. The van der Waals surface area contributed by atoms with Crippen LogP contribution in [0.15, 0.2) is 261 Å². The van der Waals surface area contributed by atoms with Gasteiger partial charge >= 0.3 is 0 Å². The zero-order chi connectivity index (χ0) is 42.0. The van der Waals surface area contributed by atoms with E-state index in [1.165, 1.54) is 77.2 Å². The van der Waals surface area contributed by atoms with Gasteiger partial charge in [0.25, 0.3) is 0 Å². The molecule has 0 amide bonds. The molecule has 0 aliphatic heterocycles. The largest absolute Gasteiger partial charge is 0.310 e. The van der Waals surface area contributed by atoms with Crippen molar-refractivity contribution >= 4 is 38.6 Å². The zero-order valence-corrected chi connectivity index (χ0v) is 34.8. The molecule has 11 aromatic rings. The zero-order valence-electron chi connectivity index (χ0n) is 34.8. The molecular formula is C62H43N. The van der Waals surface area contributed by atoms with Crippen LogP contribution in [0.5, 0.6) is 0 Å². The lowest BCUT2D eigenvalue weighted by molar-refractivity contribution is 1.28. The highest BCUT2D eigenvalue weighted by atomic mass is 15.1. The Labute approximate surface area is 369 Å². The summed E-state index contributed by atoms with van der Waals surface area (Å²) in [4.78, 5) is 2.40. The number of hydrogen-bond acceptors (Lipinski definition) is 1. The van der Waals surface area contributed by atoms with Gasteiger partial charge in [-0.1, -0.05) is 218 Å². The molecule has 0 N–H and O–H groups in total. The van der Waals surface area contributed by atoms with Crippen molar-refractivity contribution < 1.29 is 0 Å². The highest BCUT2D eigenvalue weighted by molar-refractivity contribution is 6.22. The minimum absolute atomic E-state index is 1.09. The summed E-state index contributed by atoms with van der Waals surface area (Å²) in [6, 6.07) is 94.6. The Morgan fingerprint density at radius 3 is 1.30 bits per heavy atom. The number of nitrogens with zero attached hydrogens (tertiary/aromatic N) is 1. The van der Waals surface area contributed by atoms with Crippen LogP contribution >= 0.6 is 0 Å². The van der Waals surface area contributed by atoms with Crippen molar-refractivity contribution in [2.24, 2.45) is 0 Å². The Morgan fingerprint density at radius 1 is 0.206 bits per heavy atom. The minimum Gasteiger partial charge on any atom is -0.310 e. The van der Waals surface area contributed by atoms with Gasteiger partial charge in [0.15, 0.2) is 0 Å². The van der Waals surface area contributed by atoms with Gasteiger partial charge in [0.05, 0.1) is 5.69 Å². The van der Waals surface area contributed by atoms with Crippen molar-refractivity contribution in [3.05, 3.63) is 261 Å². The predicted octanol–water partition coefficient (Wildman–Crippen LogP) is 17.5. The summed E-state index contributed by atoms with van der Waals surface area (Å²) in [5.74, 6) is 0. The van der Waals surface area contributed by atoms with Gasteiger partial charge in [-0.25, -0.2) is 0 Å². The molecule has 0 saturated heterocycles. The number of benzene rings is 11. The summed E-state index contributed by atoms with van der Waals surface area (Å²) in [6.45, 7) is 0. The smallest absolute Gasteiger partial charge is 0.0540 e. The maximum Gasteiger partial charge on any atom is 0.0540 e. The van der Waals surface area contributed by atoms with Gasteiger partial charge in [0, 0.05) is 16.9 Å². The van der Waals surface area contributed by atoms with Crippen molar-refractivity contribution in [1.29, 1.82) is 0 Å². The third-order valence-electron chi connectivity index (χ3n) is 12.3. The first kappa shape index (κ1) is 37.7. The first-order chi connectivity index (χ1) is 31.3. The van der Waals surface area contributed by atoms with E-state index in [2.05, 4.69) is 266 Å². The van der Waals surface area contributed by atoms with E-state index in [0.29, 0.717) is 0 Å². The van der Waals surface area contributed by atoms with Crippen LogP contribution in [-0.4, -0.2) is 0 Å². The fraction of sp³-hybridized carbons (Fsp3) is 0. The van der Waals surface area contributed by atoms with Gasteiger partial charge < -0.3 is 4.90 Å². The molecule has 0 unspecified atom stereocenters. The first-order valence-electron chi connectivity index (χ1n) is 21.7. The van der Waals surface area contributed by atoms with Crippen LogP contribution in [0.3, 0.4) is 0 Å². The van der Waals surface area contributed by atoms with Crippen LogP contribution in [0, 0.1) is 0 Å². The maximum atomic E-state index is 2.42. The van der Waals surface area contributed by atoms with Crippen molar-refractivity contribution in [1.82, 2.24) is 0 Å². The van der Waals surface area contributed by atoms with E-state index in [1.807, 2.05) is 0 Å². The van der Waals surface area contributed by atoms with E-state index in [0.717, 1.165) is 28.2 Å². The molecule has 1 heteroatoms. The molecule has 0 fully saturated rings. The monoisotopic (exact) mass is 801 g/mol. The first-order valence-corrected chi connectivity index (χ1v) is 21.7. The SMILES string of the molecule is c1ccc(-c2ccc(-c3ccc(N(c4ccccc4)c4ccccc4-c4ccc5c(c4)c(-c4ccccc4)c(-c4ccccc4)c4ccccc45)cc3)c(-c3ccccc3)c2)cc1. The third kappa shape index (κ3) is 7.16. The highest BCUT2D eigenvalue weighted by Gasteiger charge is 2.21. The standard InChI is InChI=1S/C62H43N/c1-6-20-44(21-7-1)49-36-40-53(58(42-49)45-22-8-2-9-23-45)46-34-38-52(39-35-46)63(51-28-14-5-15-29-51)60-33-19-18-30-54(60)50-37-41-56-55-31-16-17-32-57(55)61(47-24-10-3-11-25-47)62(59(56)43-50)48-26-12-4-13-27-48/h1-43H. The summed E-state index contributed by atoms with van der Waals surface area (Å²) in [7, 11) is 0. The Kier molecular flexibility index (Phi) is 9.97. The lowest BCUT2D eigenvalue weighted by Gasteiger charge is -2.28. The molecule has 0 aromatic heterocycles. The second-order valence-electron chi connectivity index (χ2n) is 16.0. The van der Waals surface area contributed by atoms with Crippen LogP contribution in [0.25, 0.3) is 88.3 Å². The molecule has 0 radical (unpaired) electrons. The average molecular weight is 802 g/mol. The maximum absolute atomic E-state index is 2.42. The number of para-hydroxylation sites is 2. The second-order valence-corrected chi connectivity index (χ2v) is 16.0. The van der Waals surface area contributed by atoms with Gasteiger partial charge in [-0.05, 0) is 125 Å². The summed E-state index contributed by atoms with van der Waals surface area (Å²) >= 11 is 0. The lowest BCUT2D eigenvalue weighted by atomic mass is 9.84. The Morgan fingerprint density at radius 2 is 0.651 bits per heavy atom. The summed E-state index contributed by atoms with van der Waals surface area (Å²) in [5.41, 5.74) is 17.7. The molecule has 0 atom stereocenters. The van der Waals surface area contributed by atoms with E-state index >= 15 is 0 Å². The minimum atomic E-state index is 1.09. The average Bonchev–Trinajstić information content (AvgIpc) is 3.37. The molecule has 0 heterocycles. The van der Waals surface area contributed by atoms with Gasteiger partial charge in [0.1, 0.15) is 0 Å². The van der Waals surface area contributed by atoms with Crippen LogP contribution in [0.2, 0.25) is 0 Å². The number of fused-ring (bicyclic) bond motifs is 3. The quantitative estimate of drug-likeness (QED) is 0.131. The molecule has 0 aliphatic carbocycles. The second kappa shape index (κ2) is 16.7. The molecule has 0 saturated carbocycles. The van der Waals surface area contributed by atoms with Gasteiger partial charge in [0.2, 0.25) is 0 Å². The fourth-order valence-electron chi connectivity index (χ4n) is 9.34. The molecule has 11 rings (SSSR count). The molecule has 1 nitrogen and oxygen atoms in total. The van der Waals surface area contributed by atoms with Crippen molar-refractivity contribution in [2.45, 2.75) is 0 Å². The van der Waals surface area contributed by atoms with Crippen molar-refractivity contribution in [2.75, 3.05) is 4.90 Å². The fourth-order valence-corrected chi connectivity index (χ4v) is 9.34. The van der Waals surface area contributed by atoms with E-state index < -0.39 is 0 Å². The Balaban J connectivity index is 1.07. The van der Waals surface area contributed by atoms with Crippen molar-refractivity contribution in [3.8, 4) is 66.8 Å². The highest BCUT2D eigenvalue weighted by Crippen LogP contribution is 2.47. The summed E-state index contributed by atoms with van der Waals surface area (Å²) in [6.07, 6.45) is 0. The van der Waals surface area contributed by atoms with E-state index in [9.17, 15) is 0 Å². The van der Waals surface area contributed by atoms with Crippen molar-refractivity contribution in [3.63, 3.8) is 0 Å². The van der Waals surface area contributed by atoms with Gasteiger partial charge in [-0.15, -0.1) is 0 Å². The number of rotatable bonds is 9. The van der Waals surface area contributed by atoms with Gasteiger partial charge in [-0.3, -0.25) is 0 Å². The normalized spacial score (nSPS) is 11.2. The molecule has 296 valence electrons. The molecule has 63 heavy (non-hydrogen) atoms. The Hall–Kier alpha value is -8.26. The van der Waals surface area contributed by atoms with Crippen LogP contribution in [0.1, 0.15) is 0 Å². The molecular weight excluding hydrogens is 759 g/mol. The molecule has 0 bridgehead atoms. The van der Waals surface area contributed by atoms with Gasteiger partial charge in [-0.2, -0.15) is 0 Å². The molecule has 11 aromatic carbocycles. The topological polar surface area (TPSA) is 3.24 Å². The third-order valence-corrected chi connectivity index (χ3v) is 12.3. The Bertz CT molecular complexity index is 3340.